The van der Waals surface area contributed by atoms with Crippen LogP contribution < -0.4 is 5.32 Å². The molecule has 1 aliphatic rings. The van der Waals surface area contributed by atoms with Gasteiger partial charge in [-0.3, -0.25) is 9.59 Å². The normalized spacial score (nSPS) is 16.4. The number of rotatable bonds is 6. The van der Waals surface area contributed by atoms with E-state index in [4.69, 9.17) is 0 Å². The van der Waals surface area contributed by atoms with E-state index in [0.29, 0.717) is 0 Å². The summed E-state index contributed by atoms with van der Waals surface area (Å²) in [5.74, 6) is -0.218. The van der Waals surface area contributed by atoms with Gasteiger partial charge in [-0.1, -0.05) is 26.2 Å². The van der Waals surface area contributed by atoms with Crippen LogP contribution in [-0.2, 0) is 9.59 Å². The minimum absolute atomic E-state index is 0.0866. The number of unbranched alkanes of at least 4 members (excludes halogenated alkanes) is 1. The molecular weight excluding hydrogens is 240 g/mol. The fourth-order valence-electron chi connectivity index (χ4n) is 2.51. The van der Waals surface area contributed by atoms with Crippen molar-refractivity contribution in [1.82, 2.24) is 10.2 Å². The van der Waals surface area contributed by atoms with Crippen LogP contribution in [0.2, 0.25) is 0 Å². The molecule has 0 spiro atoms. The van der Waals surface area contributed by atoms with Crippen LogP contribution >= 0.6 is 0 Å². The Labute approximate surface area is 116 Å². The number of nitrogens with one attached hydrogen (secondary N) is 1. The first-order chi connectivity index (χ1) is 8.89. The second-order valence-corrected chi connectivity index (χ2v) is 6.16. The Morgan fingerprint density at radius 3 is 2.37 bits per heavy atom. The number of amides is 2. The lowest BCUT2D eigenvalue weighted by Gasteiger charge is -2.29. The Morgan fingerprint density at radius 1 is 1.26 bits per heavy atom. The second kappa shape index (κ2) is 6.92. The lowest BCUT2D eigenvalue weighted by Crippen LogP contribution is -2.50. The molecule has 0 aromatic carbocycles. The third-order valence-corrected chi connectivity index (χ3v) is 3.99. The van der Waals surface area contributed by atoms with E-state index in [1.54, 1.807) is 25.8 Å². The van der Waals surface area contributed by atoms with Crippen LogP contribution in [0.25, 0.3) is 0 Å². The average molecular weight is 268 g/mol. The van der Waals surface area contributed by atoms with E-state index in [1.165, 1.54) is 12.8 Å². The van der Waals surface area contributed by atoms with Crippen molar-refractivity contribution in [2.45, 2.75) is 65.3 Å². The molecule has 1 saturated carbocycles. The van der Waals surface area contributed by atoms with Crippen molar-refractivity contribution < 1.29 is 9.59 Å². The lowest BCUT2D eigenvalue weighted by molar-refractivity contribution is -0.147. The first-order valence-corrected chi connectivity index (χ1v) is 7.46. The van der Waals surface area contributed by atoms with Gasteiger partial charge in [-0.15, -0.1) is 0 Å². The summed E-state index contributed by atoms with van der Waals surface area (Å²) in [5.41, 5.74) is -0.967. The van der Waals surface area contributed by atoms with E-state index in [9.17, 15) is 9.59 Å². The number of hydrogen-bond acceptors (Lipinski definition) is 2. The fraction of sp³-hybridized carbons (Fsp3) is 0.867. The van der Waals surface area contributed by atoms with E-state index >= 15 is 0 Å². The summed E-state index contributed by atoms with van der Waals surface area (Å²) in [6.45, 7) is 6.26. The smallest absolute Gasteiger partial charge is 0.237 e. The molecule has 1 N–H and O–H groups in total. The Bertz CT molecular complexity index is 320. The molecule has 4 heteroatoms. The van der Waals surface area contributed by atoms with E-state index in [1.807, 2.05) is 0 Å². The molecule has 19 heavy (non-hydrogen) atoms. The zero-order valence-electron chi connectivity index (χ0n) is 12.8. The van der Waals surface area contributed by atoms with Gasteiger partial charge >= 0.3 is 0 Å². The van der Waals surface area contributed by atoms with Crippen molar-refractivity contribution >= 4 is 11.8 Å². The minimum Gasteiger partial charge on any atom is -0.352 e. The molecule has 1 aliphatic carbocycles. The first-order valence-electron chi connectivity index (χ1n) is 7.46. The summed E-state index contributed by atoms with van der Waals surface area (Å²) < 4.78 is 0. The van der Waals surface area contributed by atoms with Gasteiger partial charge in [0, 0.05) is 19.6 Å². The van der Waals surface area contributed by atoms with E-state index in [-0.39, 0.29) is 17.9 Å². The summed E-state index contributed by atoms with van der Waals surface area (Å²) >= 11 is 0. The molecule has 0 heterocycles. The van der Waals surface area contributed by atoms with E-state index in [2.05, 4.69) is 12.2 Å². The molecule has 0 aromatic heterocycles. The maximum atomic E-state index is 12.4. The van der Waals surface area contributed by atoms with E-state index in [0.717, 1.165) is 32.2 Å². The minimum atomic E-state index is -0.967. The van der Waals surface area contributed by atoms with Crippen LogP contribution in [-0.4, -0.2) is 36.3 Å². The highest BCUT2D eigenvalue weighted by Gasteiger charge is 2.39. The largest absolute Gasteiger partial charge is 0.352 e. The quantitative estimate of drug-likeness (QED) is 0.752. The Balaban J connectivity index is 2.56. The second-order valence-electron chi connectivity index (χ2n) is 6.16. The first kappa shape index (κ1) is 16.0. The van der Waals surface area contributed by atoms with Crippen molar-refractivity contribution in [3.63, 3.8) is 0 Å². The van der Waals surface area contributed by atoms with Gasteiger partial charge in [-0.25, -0.2) is 0 Å². The molecule has 0 aromatic rings. The van der Waals surface area contributed by atoms with Gasteiger partial charge in [0.1, 0.15) is 5.41 Å². The predicted octanol–water partition coefficient (Wildman–Crippen LogP) is 2.33. The molecule has 0 radical (unpaired) electrons. The number of carbonyl (C=O) groups is 2. The Morgan fingerprint density at radius 2 is 1.84 bits per heavy atom. The summed E-state index contributed by atoms with van der Waals surface area (Å²) in [6.07, 6.45) is 6.46. The zero-order valence-corrected chi connectivity index (χ0v) is 12.8. The summed E-state index contributed by atoms with van der Waals surface area (Å²) in [6, 6.07) is 0.264. The number of hydrogen-bond donors (Lipinski definition) is 1. The highest BCUT2D eigenvalue weighted by atomic mass is 16.2. The molecule has 110 valence electrons. The van der Waals surface area contributed by atoms with Crippen LogP contribution in [0.3, 0.4) is 0 Å². The fourth-order valence-corrected chi connectivity index (χ4v) is 2.51. The Hall–Kier alpha value is -1.06. The third kappa shape index (κ3) is 4.22. The van der Waals surface area contributed by atoms with Crippen LogP contribution in [0.5, 0.6) is 0 Å². The van der Waals surface area contributed by atoms with Crippen molar-refractivity contribution in [3.8, 4) is 0 Å². The van der Waals surface area contributed by atoms with Crippen LogP contribution in [0.15, 0.2) is 0 Å². The molecule has 1 fully saturated rings. The maximum absolute atomic E-state index is 12.4. The van der Waals surface area contributed by atoms with Crippen LogP contribution in [0.1, 0.15) is 59.3 Å². The van der Waals surface area contributed by atoms with Gasteiger partial charge < -0.3 is 10.2 Å². The highest BCUT2D eigenvalue weighted by molar-refractivity contribution is 6.04. The average Bonchev–Trinajstić information content (AvgIpc) is 2.87. The highest BCUT2D eigenvalue weighted by Crippen LogP contribution is 2.23. The van der Waals surface area contributed by atoms with Crippen molar-refractivity contribution in [2.75, 3.05) is 13.6 Å². The maximum Gasteiger partial charge on any atom is 0.237 e. The van der Waals surface area contributed by atoms with Crippen molar-refractivity contribution in [2.24, 2.45) is 5.41 Å². The van der Waals surface area contributed by atoms with Crippen LogP contribution in [0.4, 0.5) is 0 Å². The van der Waals surface area contributed by atoms with Crippen LogP contribution in [0, 0.1) is 5.41 Å². The monoisotopic (exact) mass is 268 g/mol. The predicted molar refractivity (Wildman–Crippen MR) is 76.7 cm³/mol. The van der Waals surface area contributed by atoms with Gasteiger partial charge in [0.15, 0.2) is 0 Å². The van der Waals surface area contributed by atoms with Gasteiger partial charge in [-0.2, -0.15) is 0 Å². The SMILES string of the molecule is CCCCN(C)C(=O)C(C)(C)C(=O)NC1CCCC1. The molecule has 2 amide bonds. The molecule has 0 bridgehead atoms. The van der Waals surface area contributed by atoms with Gasteiger partial charge in [-0.05, 0) is 33.1 Å². The molecule has 0 unspecified atom stereocenters. The molecule has 0 aliphatic heterocycles. The van der Waals surface area contributed by atoms with E-state index < -0.39 is 5.41 Å². The summed E-state index contributed by atoms with van der Waals surface area (Å²) in [5, 5.41) is 3.02. The van der Waals surface area contributed by atoms with Gasteiger partial charge in [0.05, 0.1) is 0 Å². The topological polar surface area (TPSA) is 49.4 Å². The molecule has 0 atom stereocenters. The van der Waals surface area contributed by atoms with Gasteiger partial charge in [0.2, 0.25) is 11.8 Å². The summed E-state index contributed by atoms with van der Waals surface area (Å²) in [4.78, 5) is 26.3. The molecular formula is C15H28N2O2. The Kier molecular flexibility index (Phi) is 5.83. The zero-order chi connectivity index (χ0) is 14.5. The molecule has 0 saturated heterocycles. The molecule has 4 nitrogen and oxygen atoms in total. The standard InChI is InChI=1S/C15H28N2O2/c1-5-6-11-17(4)14(19)15(2,3)13(18)16-12-9-7-8-10-12/h12H,5-11H2,1-4H3,(H,16,18). The lowest BCUT2D eigenvalue weighted by atomic mass is 9.90. The summed E-state index contributed by atoms with van der Waals surface area (Å²) in [7, 11) is 1.78. The van der Waals surface area contributed by atoms with Crippen molar-refractivity contribution in [1.29, 1.82) is 0 Å². The van der Waals surface area contributed by atoms with Gasteiger partial charge in [0.25, 0.3) is 0 Å². The molecule has 1 rings (SSSR count). The number of carbonyl (C=O) groups excluding carboxylic acids is 2. The van der Waals surface area contributed by atoms with Crippen molar-refractivity contribution in [3.05, 3.63) is 0 Å². The third-order valence-electron chi connectivity index (χ3n) is 3.99. The number of nitrogens with zero attached hydrogens (tertiary/aromatic N) is 1.